The summed E-state index contributed by atoms with van der Waals surface area (Å²) in [7, 11) is 1.64. The molecule has 0 spiro atoms. The van der Waals surface area contributed by atoms with Crippen LogP contribution < -0.4 is 19.7 Å². The third kappa shape index (κ3) is 7.27. The first-order valence-corrected chi connectivity index (χ1v) is 12.4. The van der Waals surface area contributed by atoms with Gasteiger partial charge in [-0.2, -0.15) is 0 Å². The number of carboxylic acid groups (broad SMARTS) is 1. The predicted octanol–water partition coefficient (Wildman–Crippen LogP) is 3.23. The molecule has 2 N–H and O–H groups in total. The molecule has 2 fully saturated rings. The maximum atomic E-state index is 13.7. The number of amides is 1. The number of nitrogens with one attached hydrogen (secondary N) is 1. The molecule has 0 radical (unpaired) electrons. The molecule has 2 aromatic rings. The Bertz CT molecular complexity index is 980. The molecule has 2 saturated heterocycles. The van der Waals surface area contributed by atoms with Gasteiger partial charge in [0.05, 0.1) is 7.11 Å². The molecule has 4 rings (SSSR count). The molecule has 9 heteroatoms. The Morgan fingerprint density at radius 1 is 1.03 bits per heavy atom. The summed E-state index contributed by atoms with van der Waals surface area (Å²) in [6, 6.07) is 14.9. The highest BCUT2D eigenvalue weighted by molar-refractivity contribution is 5.87. The fourth-order valence-electron chi connectivity index (χ4n) is 4.94. The van der Waals surface area contributed by atoms with E-state index in [0.717, 1.165) is 49.6 Å². The Morgan fingerprint density at radius 2 is 1.69 bits per heavy atom. The van der Waals surface area contributed by atoms with E-state index in [1.54, 1.807) is 19.2 Å². The van der Waals surface area contributed by atoms with Crippen LogP contribution >= 0.6 is 12.4 Å². The average molecular weight is 518 g/mol. The number of piperazine rings is 1. The van der Waals surface area contributed by atoms with Crippen molar-refractivity contribution in [3.63, 3.8) is 0 Å². The summed E-state index contributed by atoms with van der Waals surface area (Å²) < 4.78 is 10.6. The molecule has 2 aliphatic heterocycles. The number of methoxy groups -OCH3 is 1. The molecular weight excluding hydrogens is 482 g/mol. The van der Waals surface area contributed by atoms with Crippen molar-refractivity contribution in [3.8, 4) is 11.5 Å². The number of carbonyl (C=O) groups is 2. The highest BCUT2D eigenvalue weighted by Gasteiger charge is 2.35. The first kappa shape index (κ1) is 27.6. The van der Waals surface area contributed by atoms with Gasteiger partial charge in [0, 0.05) is 31.7 Å². The molecule has 2 aliphatic rings. The van der Waals surface area contributed by atoms with E-state index in [1.165, 1.54) is 12.8 Å². The summed E-state index contributed by atoms with van der Waals surface area (Å²) in [6.07, 6.45) is 4.02. The Kier molecular flexibility index (Phi) is 10.3. The van der Waals surface area contributed by atoms with Crippen LogP contribution in [0.15, 0.2) is 48.5 Å². The zero-order valence-electron chi connectivity index (χ0n) is 20.7. The molecule has 0 aromatic heterocycles. The van der Waals surface area contributed by atoms with E-state index in [-0.39, 0.29) is 31.0 Å². The van der Waals surface area contributed by atoms with Gasteiger partial charge in [0.15, 0.2) is 6.61 Å². The molecule has 196 valence electrons. The van der Waals surface area contributed by atoms with E-state index < -0.39 is 5.97 Å². The van der Waals surface area contributed by atoms with Gasteiger partial charge in [-0.25, -0.2) is 4.79 Å². The molecule has 2 heterocycles. The molecule has 1 unspecified atom stereocenters. The van der Waals surface area contributed by atoms with Crippen molar-refractivity contribution >= 4 is 30.0 Å². The minimum atomic E-state index is -1.01. The van der Waals surface area contributed by atoms with Crippen molar-refractivity contribution in [2.45, 2.75) is 31.7 Å². The van der Waals surface area contributed by atoms with Crippen molar-refractivity contribution in [1.82, 2.24) is 10.2 Å². The van der Waals surface area contributed by atoms with Gasteiger partial charge in [0.1, 0.15) is 17.5 Å². The minimum Gasteiger partial charge on any atom is -0.497 e. The first-order chi connectivity index (χ1) is 17.0. The third-order valence-corrected chi connectivity index (χ3v) is 6.97. The quantitative estimate of drug-likeness (QED) is 0.500. The van der Waals surface area contributed by atoms with Crippen LogP contribution in [-0.2, 0) is 16.0 Å². The van der Waals surface area contributed by atoms with Crippen molar-refractivity contribution in [1.29, 1.82) is 0 Å². The number of hydrogen-bond acceptors (Lipinski definition) is 6. The van der Waals surface area contributed by atoms with Crippen molar-refractivity contribution in [2.24, 2.45) is 5.92 Å². The van der Waals surface area contributed by atoms with Crippen LogP contribution in [0.1, 0.15) is 24.8 Å². The largest absolute Gasteiger partial charge is 0.497 e. The molecular formula is C27H36ClN3O5. The fourth-order valence-corrected chi connectivity index (χ4v) is 4.94. The maximum absolute atomic E-state index is 13.7. The first-order valence-electron chi connectivity index (χ1n) is 12.4. The average Bonchev–Trinajstić information content (AvgIpc) is 2.89. The molecule has 8 nitrogen and oxygen atoms in total. The van der Waals surface area contributed by atoms with Gasteiger partial charge in [-0.05, 0) is 80.2 Å². The van der Waals surface area contributed by atoms with Crippen LogP contribution in [-0.4, -0.2) is 74.4 Å². The zero-order chi connectivity index (χ0) is 24.6. The lowest BCUT2D eigenvalue weighted by Crippen LogP contribution is -2.58. The highest BCUT2D eigenvalue weighted by Crippen LogP contribution is 2.27. The SMILES string of the molecule is COc1ccc(CC2C(=O)N(CCC3CCNCC3)CCN2c2ccc(OCC(=O)O)cc2)cc1.Cl. The maximum Gasteiger partial charge on any atom is 0.341 e. The van der Waals surface area contributed by atoms with Crippen molar-refractivity contribution in [3.05, 3.63) is 54.1 Å². The van der Waals surface area contributed by atoms with Gasteiger partial charge >= 0.3 is 5.97 Å². The van der Waals surface area contributed by atoms with Gasteiger partial charge in [-0.3, -0.25) is 4.79 Å². The monoisotopic (exact) mass is 517 g/mol. The van der Waals surface area contributed by atoms with Gasteiger partial charge in [-0.15, -0.1) is 12.4 Å². The standard InChI is InChI=1S/C27H35N3O5.ClH/c1-34-23-6-2-21(3-7-23)18-25-27(33)29(15-12-20-10-13-28-14-11-20)16-17-30(25)22-4-8-24(9-5-22)35-19-26(31)32;/h2-9,20,25,28H,10-19H2,1H3,(H,31,32);1H. The zero-order valence-corrected chi connectivity index (χ0v) is 21.5. The Labute approximate surface area is 219 Å². The molecule has 0 aliphatic carbocycles. The molecule has 2 aromatic carbocycles. The second-order valence-electron chi connectivity index (χ2n) is 9.25. The number of ether oxygens (including phenoxy) is 2. The Balaban J connectivity index is 0.00000361. The van der Waals surface area contributed by atoms with Gasteiger partial charge < -0.3 is 29.7 Å². The third-order valence-electron chi connectivity index (χ3n) is 6.97. The van der Waals surface area contributed by atoms with Crippen molar-refractivity contribution < 1.29 is 24.2 Å². The van der Waals surface area contributed by atoms with Crippen LogP contribution in [0.5, 0.6) is 11.5 Å². The van der Waals surface area contributed by atoms with E-state index in [4.69, 9.17) is 14.6 Å². The number of benzene rings is 2. The number of carboxylic acids is 1. The molecule has 36 heavy (non-hydrogen) atoms. The van der Waals surface area contributed by atoms with E-state index >= 15 is 0 Å². The molecule has 1 amide bonds. The highest BCUT2D eigenvalue weighted by atomic mass is 35.5. The van der Waals surface area contributed by atoms with Crippen LogP contribution in [0, 0.1) is 5.92 Å². The van der Waals surface area contributed by atoms with Gasteiger partial charge in [0.25, 0.3) is 0 Å². The molecule has 0 saturated carbocycles. The Hall–Kier alpha value is -2.97. The second kappa shape index (κ2) is 13.4. The van der Waals surface area contributed by atoms with E-state index in [2.05, 4.69) is 10.2 Å². The van der Waals surface area contributed by atoms with Gasteiger partial charge in [-0.1, -0.05) is 12.1 Å². The predicted molar refractivity (Wildman–Crippen MR) is 141 cm³/mol. The van der Waals surface area contributed by atoms with Crippen LogP contribution in [0.4, 0.5) is 5.69 Å². The Morgan fingerprint density at radius 3 is 2.33 bits per heavy atom. The van der Waals surface area contributed by atoms with E-state index in [9.17, 15) is 9.59 Å². The summed E-state index contributed by atoms with van der Waals surface area (Å²) in [5.41, 5.74) is 2.01. The summed E-state index contributed by atoms with van der Waals surface area (Å²) >= 11 is 0. The topological polar surface area (TPSA) is 91.3 Å². The van der Waals surface area contributed by atoms with Crippen LogP contribution in [0.2, 0.25) is 0 Å². The summed E-state index contributed by atoms with van der Waals surface area (Å²) in [5.74, 6) is 1.11. The van der Waals surface area contributed by atoms with E-state index in [0.29, 0.717) is 24.6 Å². The normalized spacial score (nSPS) is 18.5. The van der Waals surface area contributed by atoms with Crippen LogP contribution in [0.3, 0.4) is 0 Å². The summed E-state index contributed by atoms with van der Waals surface area (Å²) in [4.78, 5) is 28.7. The smallest absolute Gasteiger partial charge is 0.341 e. The number of rotatable bonds is 10. The fraction of sp³-hybridized carbons (Fsp3) is 0.481. The van der Waals surface area contributed by atoms with E-state index in [1.807, 2.05) is 41.3 Å². The number of hydrogen-bond donors (Lipinski definition) is 2. The molecule has 0 bridgehead atoms. The van der Waals surface area contributed by atoms with Crippen molar-refractivity contribution in [2.75, 3.05) is 51.3 Å². The second-order valence-corrected chi connectivity index (χ2v) is 9.25. The number of piperidine rings is 1. The lowest BCUT2D eigenvalue weighted by atomic mass is 9.94. The number of halogens is 1. The number of anilines is 1. The molecule has 1 atom stereocenters. The van der Waals surface area contributed by atoms with Crippen LogP contribution in [0.25, 0.3) is 0 Å². The summed E-state index contributed by atoms with van der Waals surface area (Å²) in [5, 5.41) is 12.2. The lowest BCUT2D eigenvalue weighted by molar-refractivity contribution is -0.139. The number of carbonyl (C=O) groups excluding carboxylic acids is 1. The lowest BCUT2D eigenvalue weighted by Gasteiger charge is -2.42. The van der Waals surface area contributed by atoms with Gasteiger partial charge in [0.2, 0.25) is 5.91 Å². The minimum absolute atomic E-state index is 0. The number of aliphatic carboxylic acids is 1. The number of nitrogens with zero attached hydrogens (tertiary/aromatic N) is 2. The summed E-state index contributed by atoms with van der Waals surface area (Å²) in [6.45, 7) is 4.00.